The minimum absolute atomic E-state index is 0.0678. The van der Waals surface area contributed by atoms with Crippen molar-refractivity contribution in [3.8, 4) is 11.5 Å². The van der Waals surface area contributed by atoms with Gasteiger partial charge in [-0.3, -0.25) is 9.59 Å². The summed E-state index contributed by atoms with van der Waals surface area (Å²) in [5.74, 6) is -5.46. The third-order valence-electron chi connectivity index (χ3n) is 4.87. The van der Waals surface area contributed by atoms with Crippen LogP contribution in [0.5, 0.6) is 11.5 Å². The summed E-state index contributed by atoms with van der Waals surface area (Å²) in [5.41, 5.74) is 6.09. The van der Waals surface area contributed by atoms with Crippen LogP contribution < -0.4 is 20.5 Å². The second kappa shape index (κ2) is 9.69. The van der Waals surface area contributed by atoms with E-state index in [-0.39, 0.29) is 23.6 Å². The lowest BCUT2D eigenvalue weighted by Crippen LogP contribution is -2.36. The number of rotatable bonds is 7. The predicted molar refractivity (Wildman–Crippen MR) is 109 cm³/mol. The number of ether oxygens (including phenoxy) is 2. The summed E-state index contributed by atoms with van der Waals surface area (Å²) in [5, 5.41) is 2.54. The molecule has 0 spiro atoms. The fraction of sp³-hybridized carbons (Fsp3) is 0.381. The number of carbonyl (C=O) groups is 2. The third kappa shape index (κ3) is 6.23. The van der Waals surface area contributed by atoms with Gasteiger partial charge in [-0.25, -0.2) is 13.8 Å². The van der Waals surface area contributed by atoms with E-state index in [0.717, 1.165) is 17.0 Å². The van der Waals surface area contributed by atoms with Gasteiger partial charge in [-0.1, -0.05) is 12.1 Å². The summed E-state index contributed by atoms with van der Waals surface area (Å²) in [6.07, 6.45) is -5.73. The molecule has 1 aromatic carbocycles. The molecular weight excluding hydrogens is 467 g/mol. The van der Waals surface area contributed by atoms with Crippen LogP contribution in [0.1, 0.15) is 22.8 Å². The summed E-state index contributed by atoms with van der Waals surface area (Å²) >= 11 is 0. The molecular formula is C21H21F5N4O4. The number of aromatic nitrogens is 1. The number of nitrogens with two attached hydrogens (primary N) is 1. The third-order valence-corrected chi connectivity index (χ3v) is 4.87. The van der Waals surface area contributed by atoms with Gasteiger partial charge >= 0.3 is 12.3 Å². The van der Waals surface area contributed by atoms with Crippen LogP contribution in [-0.2, 0) is 11.2 Å². The zero-order valence-corrected chi connectivity index (χ0v) is 17.9. The van der Waals surface area contributed by atoms with Crippen molar-refractivity contribution in [3.05, 3.63) is 47.7 Å². The number of hydrogen-bond acceptors (Lipinski definition) is 6. The van der Waals surface area contributed by atoms with Crippen molar-refractivity contribution >= 4 is 17.6 Å². The van der Waals surface area contributed by atoms with Crippen LogP contribution in [0.2, 0.25) is 0 Å². The Morgan fingerprint density at radius 1 is 1.26 bits per heavy atom. The van der Waals surface area contributed by atoms with E-state index in [1.54, 1.807) is 6.92 Å². The van der Waals surface area contributed by atoms with Gasteiger partial charge in [0.25, 0.3) is 5.91 Å². The number of benzene rings is 1. The van der Waals surface area contributed by atoms with Crippen molar-refractivity contribution in [1.29, 1.82) is 0 Å². The summed E-state index contributed by atoms with van der Waals surface area (Å²) in [6, 6.07) is 5.72. The van der Waals surface area contributed by atoms with Crippen LogP contribution in [0.15, 0.2) is 36.5 Å². The van der Waals surface area contributed by atoms with Crippen molar-refractivity contribution in [1.82, 2.24) is 15.2 Å². The molecule has 1 aromatic heterocycles. The number of anilines is 1. The van der Waals surface area contributed by atoms with Crippen molar-refractivity contribution < 1.29 is 41.0 Å². The summed E-state index contributed by atoms with van der Waals surface area (Å²) in [7, 11) is 0. The van der Waals surface area contributed by atoms with Crippen molar-refractivity contribution in [2.75, 3.05) is 25.4 Å². The maximum atomic E-state index is 14.6. The lowest BCUT2D eigenvalue weighted by atomic mass is 10.1. The average Bonchev–Trinajstić information content (AvgIpc) is 3.04. The molecule has 8 nitrogen and oxygen atoms in total. The van der Waals surface area contributed by atoms with Crippen LogP contribution in [-0.4, -0.2) is 59.7 Å². The van der Waals surface area contributed by atoms with E-state index in [0.29, 0.717) is 12.1 Å². The van der Waals surface area contributed by atoms with E-state index in [2.05, 4.69) is 15.0 Å². The quantitative estimate of drug-likeness (QED) is 0.581. The van der Waals surface area contributed by atoms with Crippen LogP contribution in [0.3, 0.4) is 0 Å². The molecule has 1 aliphatic rings. The average molecular weight is 488 g/mol. The van der Waals surface area contributed by atoms with Crippen LogP contribution in [0.4, 0.5) is 27.8 Å². The number of nitrogens with zero attached hydrogens (tertiary/aromatic N) is 2. The number of nitrogens with one attached hydrogen (secondary N) is 1. The molecule has 1 aliphatic heterocycles. The number of nitrogen functional groups attached to an aromatic ring is 1. The number of halogens is 5. The second-order valence-corrected chi connectivity index (χ2v) is 7.48. The van der Waals surface area contributed by atoms with Crippen molar-refractivity contribution in [2.24, 2.45) is 0 Å². The maximum Gasteiger partial charge on any atom is 0.573 e. The van der Waals surface area contributed by atoms with E-state index in [9.17, 15) is 31.5 Å². The number of hydrogen-bond donors (Lipinski definition) is 2. The van der Waals surface area contributed by atoms with E-state index < -0.39 is 49.0 Å². The predicted octanol–water partition coefficient (Wildman–Crippen LogP) is 2.78. The summed E-state index contributed by atoms with van der Waals surface area (Å²) in [4.78, 5) is 29.2. The Morgan fingerprint density at radius 2 is 1.94 bits per heavy atom. The van der Waals surface area contributed by atoms with Crippen LogP contribution in [0, 0.1) is 0 Å². The molecule has 1 fully saturated rings. The fourth-order valence-corrected chi connectivity index (χ4v) is 3.25. The van der Waals surface area contributed by atoms with Crippen LogP contribution in [0.25, 0.3) is 0 Å². The molecule has 3 N–H and O–H groups in total. The largest absolute Gasteiger partial charge is 0.573 e. The zero-order chi connectivity index (χ0) is 25.1. The molecule has 1 atom stereocenters. The van der Waals surface area contributed by atoms with Gasteiger partial charge in [0.05, 0.1) is 25.1 Å². The Bertz CT molecular complexity index is 1050. The molecule has 2 heterocycles. The standard InChI is InChI=1S/C21H21F5N4O4/c1-2-28-19(32)13-8-15(18(27)29-9-13)33-16-10-30(11-20(16,22)23)17(31)7-12-3-5-14(6-4-12)34-21(24,25)26/h3-6,8-9,16H,2,7,10-11H2,1H3,(H2,27,29)(H,28,32)/t16-/m0/s1. The molecule has 0 radical (unpaired) electrons. The second-order valence-electron chi connectivity index (χ2n) is 7.48. The smallest absolute Gasteiger partial charge is 0.478 e. The molecule has 2 aromatic rings. The van der Waals surface area contributed by atoms with Gasteiger partial charge in [0.1, 0.15) is 5.75 Å². The number of amides is 2. The monoisotopic (exact) mass is 488 g/mol. The van der Waals surface area contributed by atoms with Gasteiger partial charge in [-0.15, -0.1) is 13.2 Å². The molecule has 0 bridgehead atoms. The Hall–Kier alpha value is -3.64. The minimum Gasteiger partial charge on any atom is -0.478 e. The molecule has 1 saturated heterocycles. The van der Waals surface area contributed by atoms with Crippen molar-refractivity contribution in [2.45, 2.75) is 31.7 Å². The highest BCUT2D eigenvalue weighted by molar-refractivity contribution is 5.94. The highest BCUT2D eigenvalue weighted by atomic mass is 19.4. The van der Waals surface area contributed by atoms with Crippen LogP contribution >= 0.6 is 0 Å². The van der Waals surface area contributed by atoms with E-state index >= 15 is 0 Å². The molecule has 3 rings (SSSR count). The number of alkyl halides is 5. The molecule has 34 heavy (non-hydrogen) atoms. The SMILES string of the molecule is CCNC(=O)c1cnc(N)c(O[C@H]2CN(C(=O)Cc3ccc(OC(F)(F)F)cc3)CC2(F)F)c1. The highest BCUT2D eigenvalue weighted by Crippen LogP contribution is 2.33. The lowest BCUT2D eigenvalue weighted by Gasteiger charge is -2.20. The van der Waals surface area contributed by atoms with Gasteiger partial charge in [-0.05, 0) is 30.7 Å². The summed E-state index contributed by atoms with van der Waals surface area (Å²) in [6.45, 7) is 0.658. The molecule has 0 unspecified atom stereocenters. The molecule has 2 amide bonds. The van der Waals surface area contributed by atoms with Gasteiger partial charge in [0.15, 0.2) is 17.7 Å². The minimum atomic E-state index is -4.86. The fourth-order valence-electron chi connectivity index (χ4n) is 3.25. The number of likely N-dealkylation sites (tertiary alicyclic amines) is 1. The van der Waals surface area contributed by atoms with Gasteiger partial charge < -0.3 is 25.4 Å². The Balaban J connectivity index is 1.66. The summed E-state index contributed by atoms with van der Waals surface area (Å²) < 4.78 is 75.0. The first-order valence-corrected chi connectivity index (χ1v) is 10.1. The topological polar surface area (TPSA) is 107 Å². The highest BCUT2D eigenvalue weighted by Gasteiger charge is 2.51. The number of carbonyl (C=O) groups excluding carboxylic acids is 2. The first kappa shape index (κ1) is 25.0. The van der Waals surface area contributed by atoms with E-state index in [4.69, 9.17) is 10.5 Å². The maximum absolute atomic E-state index is 14.6. The Morgan fingerprint density at radius 3 is 2.56 bits per heavy atom. The van der Waals surface area contributed by atoms with Gasteiger partial charge in [-0.2, -0.15) is 0 Å². The molecule has 0 aliphatic carbocycles. The number of pyridine rings is 1. The molecule has 184 valence electrons. The molecule has 13 heteroatoms. The lowest BCUT2D eigenvalue weighted by molar-refractivity contribution is -0.274. The van der Waals surface area contributed by atoms with E-state index in [1.807, 2.05) is 0 Å². The molecule has 0 saturated carbocycles. The Labute approximate surface area is 190 Å². The first-order valence-electron chi connectivity index (χ1n) is 10.1. The van der Waals surface area contributed by atoms with E-state index in [1.165, 1.54) is 24.4 Å². The van der Waals surface area contributed by atoms with Crippen molar-refractivity contribution in [3.63, 3.8) is 0 Å². The zero-order valence-electron chi connectivity index (χ0n) is 17.9. The van der Waals surface area contributed by atoms with Gasteiger partial charge in [0, 0.05) is 12.7 Å². The Kier molecular flexibility index (Phi) is 7.12. The normalized spacial score (nSPS) is 17.4. The first-order chi connectivity index (χ1) is 15.9. The van der Waals surface area contributed by atoms with Gasteiger partial charge in [0.2, 0.25) is 5.91 Å².